The van der Waals surface area contributed by atoms with Crippen molar-refractivity contribution in [3.63, 3.8) is 0 Å². The largest absolute Gasteiger partial charge is 0.508 e. The number of nitrogens with zero attached hydrogens (tertiary/aromatic N) is 2. The summed E-state index contributed by atoms with van der Waals surface area (Å²) in [4.78, 5) is 33.0. The van der Waals surface area contributed by atoms with E-state index in [9.17, 15) is 23.5 Å². The van der Waals surface area contributed by atoms with Crippen LogP contribution in [0.5, 0.6) is 11.5 Å². The van der Waals surface area contributed by atoms with Crippen molar-refractivity contribution in [3.8, 4) is 11.5 Å². The number of rotatable bonds is 5. The van der Waals surface area contributed by atoms with Crippen LogP contribution in [0.3, 0.4) is 0 Å². The van der Waals surface area contributed by atoms with E-state index in [0.717, 1.165) is 5.56 Å². The van der Waals surface area contributed by atoms with Crippen molar-refractivity contribution in [1.29, 1.82) is 0 Å². The van der Waals surface area contributed by atoms with Crippen molar-refractivity contribution in [2.45, 2.75) is 31.5 Å². The lowest BCUT2D eigenvalue weighted by atomic mass is 9.81. The number of hydrogen-bond acceptors (Lipinski definition) is 4. The molecule has 2 N–H and O–H groups in total. The number of halogens is 3. The van der Waals surface area contributed by atoms with Gasteiger partial charge in [0.2, 0.25) is 0 Å². The normalized spacial score (nSPS) is 22.3. The number of aromatic nitrogens is 1. The Morgan fingerprint density at radius 2 is 2.06 bits per heavy atom. The average molecular weight is 520 g/mol. The average Bonchev–Trinajstić information content (AvgIpc) is 3.20. The first-order chi connectivity index (χ1) is 15.7. The molecule has 33 heavy (non-hydrogen) atoms. The van der Waals surface area contributed by atoms with Crippen LogP contribution in [-0.2, 0) is 11.2 Å². The molecule has 0 saturated carbocycles. The van der Waals surface area contributed by atoms with Crippen LogP contribution in [0.25, 0.3) is 10.9 Å². The molecule has 172 valence electrons. The van der Waals surface area contributed by atoms with E-state index >= 15 is 0 Å². The fraction of sp³-hybridized carbons (Fsp3) is 0.304. The van der Waals surface area contributed by atoms with Crippen LogP contribution in [0.2, 0.25) is 0 Å². The van der Waals surface area contributed by atoms with Crippen LogP contribution >= 0.6 is 15.9 Å². The van der Waals surface area contributed by atoms with E-state index < -0.39 is 24.2 Å². The van der Waals surface area contributed by atoms with Gasteiger partial charge in [-0.05, 0) is 48.4 Å². The van der Waals surface area contributed by atoms with E-state index in [1.165, 1.54) is 23.1 Å². The number of nitrogens with one attached hydrogen (secondary N) is 1. The molecule has 10 heteroatoms. The smallest absolute Gasteiger partial charge is 0.387 e. The third kappa shape index (κ3) is 3.26. The lowest BCUT2D eigenvalue weighted by Gasteiger charge is -2.42. The van der Waals surface area contributed by atoms with Gasteiger partial charge in [0.05, 0.1) is 0 Å². The monoisotopic (exact) mass is 519 g/mol. The molecule has 2 atom stereocenters. The molecule has 3 aromatic rings. The summed E-state index contributed by atoms with van der Waals surface area (Å²) in [5, 5.41) is 11.2. The molecule has 7 nitrogen and oxygen atoms in total. The van der Waals surface area contributed by atoms with Crippen LogP contribution in [0, 0.1) is 0 Å². The lowest BCUT2D eigenvalue weighted by molar-refractivity contribution is -0.133. The number of H-pyrrole nitrogens is 1. The SMILES string of the molecule is C[C@@]12Cc3c([nH]c4ccc(OC(F)F)cc34)[C@@H](c3cccc(O)c3)N1C(=O)N(CCBr)C2=O. The summed E-state index contributed by atoms with van der Waals surface area (Å²) in [5.41, 5.74) is 1.54. The molecule has 1 aromatic heterocycles. The molecule has 3 heterocycles. The minimum absolute atomic E-state index is 0.00975. The number of hydrogen-bond donors (Lipinski definition) is 2. The number of phenols is 1. The van der Waals surface area contributed by atoms with Crippen molar-refractivity contribution in [3.05, 3.63) is 59.3 Å². The first-order valence-corrected chi connectivity index (χ1v) is 11.5. The predicted octanol–water partition coefficient (Wildman–Crippen LogP) is 4.54. The quantitative estimate of drug-likeness (QED) is 0.382. The van der Waals surface area contributed by atoms with Crippen molar-refractivity contribution in [1.82, 2.24) is 14.8 Å². The summed E-state index contributed by atoms with van der Waals surface area (Å²) < 4.78 is 30.2. The lowest BCUT2D eigenvalue weighted by Crippen LogP contribution is -2.53. The number of carbonyl (C=O) groups excluding carboxylic acids is 2. The molecule has 1 fully saturated rings. The molecule has 0 radical (unpaired) electrons. The fourth-order valence-electron chi connectivity index (χ4n) is 4.99. The summed E-state index contributed by atoms with van der Waals surface area (Å²) in [5.74, 6) is -0.284. The molecule has 0 aliphatic carbocycles. The molecular weight excluding hydrogens is 500 g/mol. The van der Waals surface area contributed by atoms with E-state index in [4.69, 9.17) is 0 Å². The second-order valence-corrected chi connectivity index (χ2v) is 9.14. The van der Waals surface area contributed by atoms with Gasteiger partial charge < -0.3 is 14.8 Å². The molecule has 0 unspecified atom stereocenters. The fourth-order valence-corrected chi connectivity index (χ4v) is 5.35. The Balaban J connectivity index is 1.74. The highest BCUT2D eigenvalue weighted by molar-refractivity contribution is 9.09. The van der Waals surface area contributed by atoms with Crippen molar-refractivity contribution < 1.29 is 28.2 Å². The van der Waals surface area contributed by atoms with Gasteiger partial charge in [-0.2, -0.15) is 8.78 Å². The number of imide groups is 1. The molecule has 0 spiro atoms. The Hall–Kier alpha value is -3.14. The number of aromatic amines is 1. The van der Waals surface area contributed by atoms with E-state index in [-0.39, 0.29) is 30.4 Å². The zero-order valence-corrected chi connectivity index (χ0v) is 19.1. The molecule has 2 aromatic carbocycles. The van der Waals surface area contributed by atoms with E-state index in [2.05, 4.69) is 25.7 Å². The second-order valence-electron chi connectivity index (χ2n) is 8.35. The molecule has 2 aliphatic rings. The van der Waals surface area contributed by atoms with Gasteiger partial charge in [-0.1, -0.05) is 28.1 Å². The summed E-state index contributed by atoms with van der Waals surface area (Å²) in [6.07, 6.45) is 0.207. The minimum atomic E-state index is -2.96. The number of alkyl halides is 3. The second kappa shape index (κ2) is 7.72. The maximum atomic E-state index is 13.4. The van der Waals surface area contributed by atoms with Gasteiger partial charge in [-0.15, -0.1) is 0 Å². The molecule has 1 saturated heterocycles. The van der Waals surface area contributed by atoms with Crippen molar-refractivity contribution in [2.75, 3.05) is 11.9 Å². The number of phenolic OH excluding ortho intramolecular Hbond substituents is 1. The van der Waals surface area contributed by atoms with Gasteiger partial charge in [0.25, 0.3) is 5.91 Å². The third-order valence-corrected chi connectivity index (χ3v) is 6.71. The number of ether oxygens (including phenoxy) is 1. The third-order valence-electron chi connectivity index (χ3n) is 6.36. The van der Waals surface area contributed by atoms with Crippen LogP contribution in [0.15, 0.2) is 42.5 Å². The Kier molecular flexibility index (Phi) is 5.08. The number of aromatic hydroxyl groups is 1. The Morgan fingerprint density at radius 3 is 2.76 bits per heavy atom. The van der Waals surface area contributed by atoms with Gasteiger partial charge in [-0.25, -0.2) is 4.79 Å². The summed E-state index contributed by atoms with van der Waals surface area (Å²) in [6, 6.07) is 10.0. The minimum Gasteiger partial charge on any atom is -0.508 e. The zero-order valence-electron chi connectivity index (χ0n) is 17.5. The highest BCUT2D eigenvalue weighted by Crippen LogP contribution is 2.49. The number of urea groups is 1. The molecule has 0 bridgehead atoms. The van der Waals surface area contributed by atoms with Crippen LogP contribution < -0.4 is 4.74 Å². The van der Waals surface area contributed by atoms with E-state index in [1.807, 2.05) is 0 Å². The van der Waals surface area contributed by atoms with Gasteiger partial charge in [-0.3, -0.25) is 14.6 Å². The highest BCUT2D eigenvalue weighted by Gasteiger charge is 2.60. The summed E-state index contributed by atoms with van der Waals surface area (Å²) in [6.45, 7) is -1.02. The Morgan fingerprint density at radius 1 is 1.27 bits per heavy atom. The number of carbonyl (C=O) groups is 2. The Labute approximate surface area is 196 Å². The molecule has 2 aliphatic heterocycles. The highest BCUT2D eigenvalue weighted by atomic mass is 79.9. The number of fused-ring (bicyclic) bond motifs is 4. The van der Waals surface area contributed by atoms with Gasteiger partial charge >= 0.3 is 12.6 Å². The summed E-state index contributed by atoms with van der Waals surface area (Å²) in [7, 11) is 0. The predicted molar refractivity (Wildman–Crippen MR) is 120 cm³/mol. The maximum absolute atomic E-state index is 13.4. The molecule has 3 amide bonds. The molecular formula is C23H20BrF2N3O4. The number of amides is 3. The van der Waals surface area contributed by atoms with Crippen LogP contribution in [-0.4, -0.2) is 55.9 Å². The topological polar surface area (TPSA) is 85.9 Å². The summed E-state index contributed by atoms with van der Waals surface area (Å²) >= 11 is 3.30. The maximum Gasteiger partial charge on any atom is 0.387 e. The standard InChI is InChI=1S/C23H20BrF2N3O4/c1-23-11-16-15-10-14(33-21(25)26)5-6-17(15)27-18(16)19(12-3-2-4-13(30)9-12)29(23)22(32)28(8-7-24)20(23)31/h2-6,9-10,19,21,27,30H,7-8,11H2,1H3/t19-,23+/m1/s1. The van der Waals surface area contributed by atoms with Crippen LogP contribution in [0.4, 0.5) is 13.6 Å². The first kappa shape index (κ1) is 21.7. The van der Waals surface area contributed by atoms with E-state index in [1.54, 1.807) is 36.1 Å². The zero-order chi connectivity index (χ0) is 23.5. The van der Waals surface area contributed by atoms with Gasteiger partial charge in [0, 0.05) is 34.9 Å². The van der Waals surface area contributed by atoms with Crippen molar-refractivity contribution in [2.24, 2.45) is 0 Å². The van der Waals surface area contributed by atoms with Gasteiger partial charge in [0.1, 0.15) is 23.1 Å². The Bertz CT molecular complexity index is 1280. The van der Waals surface area contributed by atoms with E-state index in [0.29, 0.717) is 27.5 Å². The number of benzene rings is 2. The molecule has 5 rings (SSSR count). The van der Waals surface area contributed by atoms with Crippen molar-refractivity contribution >= 4 is 38.8 Å². The van der Waals surface area contributed by atoms with Crippen LogP contribution in [0.1, 0.15) is 29.8 Å². The first-order valence-electron chi connectivity index (χ1n) is 10.3. The van der Waals surface area contributed by atoms with Gasteiger partial charge in [0.15, 0.2) is 0 Å².